The smallest absolute Gasteiger partial charge is 0.322 e. The number of aromatic nitrogens is 5. The van der Waals surface area contributed by atoms with E-state index in [0.29, 0.717) is 51.3 Å². The highest BCUT2D eigenvalue weighted by molar-refractivity contribution is 6.39. The van der Waals surface area contributed by atoms with Crippen LogP contribution in [-0.4, -0.2) is 54.9 Å². The normalized spacial score (nSPS) is 23.6. The zero-order valence-electron chi connectivity index (χ0n) is 22.4. The maximum atomic E-state index is 13.5. The molecule has 12 heteroatoms. The Morgan fingerprint density at radius 1 is 1.15 bits per heavy atom. The number of fused-ring (bicyclic) bond motifs is 2. The summed E-state index contributed by atoms with van der Waals surface area (Å²) < 4.78 is 12.4. The van der Waals surface area contributed by atoms with E-state index in [4.69, 9.17) is 32.5 Å². The van der Waals surface area contributed by atoms with E-state index >= 15 is 0 Å². The predicted molar refractivity (Wildman–Crippen MR) is 154 cm³/mol. The summed E-state index contributed by atoms with van der Waals surface area (Å²) in [6, 6.07) is 13.0. The van der Waals surface area contributed by atoms with Gasteiger partial charge in [0, 0.05) is 40.4 Å². The minimum atomic E-state index is -0.0960. The maximum Gasteiger partial charge on any atom is 0.322 e. The highest BCUT2D eigenvalue weighted by Gasteiger charge is 2.47. The average molecular weight is 595 g/mol. The van der Waals surface area contributed by atoms with Gasteiger partial charge in [-0.25, -0.2) is 9.89 Å². The SMILES string of the molecule is C[C@@H]1CC2C[C@H](OCc3c(-c4c(Cl)cccc4Cl)noc3C3CC3)CC1N2C(=O)Nc1cccc(-c2nnn[nH]2)c1. The van der Waals surface area contributed by atoms with Gasteiger partial charge in [0.25, 0.3) is 0 Å². The molecule has 4 atom stereocenters. The molecular formula is C29H29Cl2N7O3. The number of urea groups is 1. The molecule has 3 aliphatic rings. The number of hydrogen-bond donors (Lipinski definition) is 2. The lowest BCUT2D eigenvalue weighted by atomic mass is 9.97. The number of halogens is 2. The Balaban J connectivity index is 1.05. The number of amides is 2. The van der Waals surface area contributed by atoms with Crippen LogP contribution in [-0.2, 0) is 11.3 Å². The van der Waals surface area contributed by atoms with Gasteiger partial charge in [-0.3, -0.25) is 0 Å². The van der Waals surface area contributed by atoms with E-state index in [1.807, 2.05) is 35.2 Å². The minimum absolute atomic E-state index is 0.0119. The number of nitrogens with zero attached hydrogens (tertiary/aromatic N) is 5. The third-order valence-corrected chi connectivity index (χ3v) is 9.12. The summed E-state index contributed by atoms with van der Waals surface area (Å²) in [5.41, 5.74) is 3.74. The first-order chi connectivity index (χ1) is 20.0. The number of tetrazole rings is 1. The van der Waals surface area contributed by atoms with E-state index < -0.39 is 0 Å². The van der Waals surface area contributed by atoms with Gasteiger partial charge in [-0.15, -0.1) is 5.10 Å². The molecule has 7 rings (SSSR count). The molecule has 0 radical (unpaired) electrons. The van der Waals surface area contributed by atoms with Crippen LogP contribution in [0.25, 0.3) is 22.6 Å². The molecule has 212 valence electrons. The Hall–Kier alpha value is -3.47. The van der Waals surface area contributed by atoms with Crippen LogP contribution in [0.3, 0.4) is 0 Å². The van der Waals surface area contributed by atoms with E-state index in [0.717, 1.165) is 49.0 Å². The molecule has 2 aliphatic heterocycles. The lowest BCUT2D eigenvalue weighted by molar-refractivity contribution is -0.0181. The zero-order chi connectivity index (χ0) is 28.1. The third-order valence-electron chi connectivity index (χ3n) is 8.49. The van der Waals surface area contributed by atoms with Crippen molar-refractivity contribution in [3.63, 3.8) is 0 Å². The fraction of sp³-hybridized carbons (Fsp3) is 0.414. The van der Waals surface area contributed by atoms with Crippen molar-refractivity contribution in [1.82, 2.24) is 30.7 Å². The van der Waals surface area contributed by atoms with Gasteiger partial charge in [0.1, 0.15) is 11.5 Å². The molecule has 2 unspecified atom stereocenters. The minimum Gasteiger partial charge on any atom is -0.373 e. The topological polar surface area (TPSA) is 122 Å². The molecule has 4 heterocycles. The van der Waals surface area contributed by atoms with Crippen LogP contribution >= 0.6 is 23.2 Å². The molecule has 41 heavy (non-hydrogen) atoms. The number of piperidine rings is 1. The van der Waals surface area contributed by atoms with Gasteiger partial charge in [0.2, 0.25) is 0 Å². The van der Waals surface area contributed by atoms with Crippen LogP contribution in [0.5, 0.6) is 0 Å². The fourth-order valence-corrected chi connectivity index (χ4v) is 6.96. The first-order valence-electron chi connectivity index (χ1n) is 13.9. The van der Waals surface area contributed by atoms with Gasteiger partial charge in [-0.2, -0.15) is 0 Å². The Bertz CT molecular complexity index is 1550. The number of aromatic amines is 1. The van der Waals surface area contributed by atoms with Crippen LogP contribution < -0.4 is 5.32 Å². The van der Waals surface area contributed by atoms with Crippen molar-refractivity contribution in [2.75, 3.05) is 5.32 Å². The van der Waals surface area contributed by atoms with Crippen molar-refractivity contribution in [3.8, 4) is 22.6 Å². The number of rotatable bonds is 7. The second-order valence-corrected chi connectivity index (χ2v) is 12.1. The summed E-state index contributed by atoms with van der Waals surface area (Å²) >= 11 is 13.1. The Kier molecular flexibility index (Phi) is 6.92. The van der Waals surface area contributed by atoms with Crippen LogP contribution in [0.4, 0.5) is 10.5 Å². The van der Waals surface area contributed by atoms with Crippen molar-refractivity contribution >= 4 is 34.9 Å². The van der Waals surface area contributed by atoms with E-state index in [1.54, 1.807) is 12.1 Å². The van der Waals surface area contributed by atoms with Gasteiger partial charge in [0.15, 0.2) is 5.82 Å². The molecule has 1 saturated carbocycles. The molecule has 3 fully saturated rings. The number of H-pyrrole nitrogens is 1. The fourth-order valence-electron chi connectivity index (χ4n) is 6.39. The molecule has 2 aromatic carbocycles. The van der Waals surface area contributed by atoms with Crippen molar-refractivity contribution in [2.45, 2.75) is 69.7 Å². The third kappa shape index (κ3) is 5.09. The number of carbonyl (C=O) groups is 1. The maximum absolute atomic E-state index is 13.5. The summed E-state index contributed by atoms with van der Waals surface area (Å²) in [6.45, 7) is 2.58. The summed E-state index contributed by atoms with van der Waals surface area (Å²) in [4.78, 5) is 15.5. The molecule has 2 saturated heterocycles. The van der Waals surface area contributed by atoms with Crippen molar-refractivity contribution < 1.29 is 14.1 Å². The Morgan fingerprint density at radius 2 is 1.95 bits per heavy atom. The van der Waals surface area contributed by atoms with E-state index in [1.165, 1.54) is 0 Å². The molecule has 2 bridgehead atoms. The van der Waals surface area contributed by atoms with Crippen LogP contribution in [0, 0.1) is 5.92 Å². The van der Waals surface area contributed by atoms with Gasteiger partial charge >= 0.3 is 6.03 Å². The first kappa shape index (κ1) is 26.4. The molecule has 2 N–H and O–H groups in total. The lowest BCUT2D eigenvalue weighted by Crippen LogP contribution is -2.51. The number of nitrogens with one attached hydrogen (secondary N) is 2. The van der Waals surface area contributed by atoms with Gasteiger partial charge in [-0.05, 0) is 72.7 Å². The van der Waals surface area contributed by atoms with Crippen molar-refractivity contribution in [2.24, 2.45) is 5.92 Å². The number of anilines is 1. The summed E-state index contributed by atoms with van der Waals surface area (Å²) in [7, 11) is 0. The molecule has 1 aliphatic carbocycles. The summed E-state index contributed by atoms with van der Waals surface area (Å²) in [5, 5.41) is 22.5. The standard InChI is InChI=1S/C29H29Cl2N7O3/c1-15-10-19-12-20(13-24(15)38(19)29(39)32-18-5-2-4-17(11-18)28-33-36-37-34-28)40-14-21-26(35-41-27(21)16-8-9-16)25-22(30)6-3-7-23(25)31/h2-7,11,15-16,19-20,24H,8-10,12-14H2,1H3,(H,32,39)(H,33,34,36,37)/t15-,19?,20+,24?/m1/s1. The predicted octanol–water partition coefficient (Wildman–Crippen LogP) is 6.70. The first-order valence-corrected chi connectivity index (χ1v) is 14.7. The molecular weight excluding hydrogens is 565 g/mol. The summed E-state index contributed by atoms with van der Waals surface area (Å²) in [5.74, 6) is 2.15. The van der Waals surface area contributed by atoms with Crippen molar-refractivity contribution in [3.05, 3.63) is 63.8 Å². The highest BCUT2D eigenvalue weighted by atomic mass is 35.5. The molecule has 2 aromatic heterocycles. The van der Waals surface area contributed by atoms with Gasteiger partial charge in [0.05, 0.1) is 22.8 Å². The number of benzene rings is 2. The average Bonchev–Trinajstić information content (AvgIpc) is 3.40. The lowest BCUT2D eigenvalue weighted by Gasteiger charge is -2.39. The summed E-state index contributed by atoms with van der Waals surface area (Å²) in [6.07, 6.45) is 4.64. The number of hydrogen-bond acceptors (Lipinski definition) is 7. The van der Waals surface area contributed by atoms with Crippen LogP contribution in [0.15, 0.2) is 47.0 Å². The van der Waals surface area contributed by atoms with Gasteiger partial charge in [-0.1, -0.05) is 53.5 Å². The van der Waals surface area contributed by atoms with Crippen molar-refractivity contribution in [1.29, 1.82) is 0 Å². The van der Waals surface area contributed by atoms with E-state index in [2.05, 4.69) is 38.0 Å². The quantitative estimate of drug-likeness (QED) is 0.244. The van der Waals surface area contributed by atoms with E-state index in [-0.39, 0.29) is 24.2 Å². The molecule has 0 spiro atoms. The van der Waals surface area contributed by atoms with Crippen LogP contribution in [0.2, 0.25) is 10.0 Å². The number of ether oxygens (including phenoxy) is 1. The van der Waals surface area contributed by atoms with Crippen LogP contribution in [0.1, 0.15) is 56.3 Å². The largest absolute Gasteiger partial charge is 0.373 e. The number of carbonyl (C=O) groups excluding carboxylic acids is 1. The van der Waals surface area contributed by atoms with Gasteiger partial charge < -0.3 is 19.5 Å². The molecule has 10 nitrogen and oxygen atoms in total. The molecule has 4 aromatic rings. The zero-order valence-corrected chi connectivity index (χ0v) is 23.9. The highest BCUT2D eigenvalue weighted by Crippen LogP contribution is 2.47. The molecule has 2 amide bonds. The monoisotopic (exact) mass is 593 g/mol. The Labute approximate surface area is 246 Å². The Morgan fingerprint density at radius 3 is 2.68 bits per heavy atom. The van der Waals surface area contributed by atoms with E-state index in [9.17, 15) is 4.79 Å². The second-order valence-electron chi connectivity index (χ2n) is 11.3. The second kappa shape index (κ2) is 10.7.